The molecule has 2 aromatic carbocycles. The number of hydrogen-bond donors (Lipinski definition) is 1. The topological polar surface area (TPSA) is 75.7 Å². The van der Waals surface area contributed by atoms with Crippen molar-refractivity contribution in [1.29, 1.82) is 0 Å². The van der Waals surface area contributed by atoms with Crippen LogP contribution in [0.5, 0.6) is 0 Å². The van der Waals surface area contributed by atoms with Crippen LogP contribution >= 0.6 is 0 Å². The number of carbonyl (C=O) groups excluding carboxylic acids is 3. The number of imide groups is 1. The Balaban J connectivity index is 1.81. The maximum atomic E-state index is 11.9. The summed E-state index contributed by atoms with van der Waals surface area (Å²) in [7, 11) is 0. The van der Waals surface area contributed by atoms with Crippen LogP contribution in [0, 0.1) is 34.6 Å². The highest BCUT2D eigenvalue weighted by atomic mass is 16.7. The normalized spacial score (nSPS) is 14.4. The van der Waals surface area contributed by atoms with Crippen molar-refractivity contribution in [3.63, 3.8) is 0 Å². The summed E-state index contributed by atoms with van der Waals surface area (Å²) >= 11 is 0. The van der Waals surface area contributed by atoms with Crippen LogP contribution < -0.4 is 5.32 Å². The molecule has 180 valence electrons. The third-order valence-electron chi connectivity index (χ3n) is 6.54. The Bertz CT molecular complexity index is 1100. The van der Waals surface area contributed by atoms with Gasteiger partial charge in [-0.2, -0.15) is 0 Å². The molecular weight excluding hydrogens is 428 g/mol. The molecule has 2 aromatic rings. The highest BCUT2D eigenvalue weighted by molar-refractivity contribution is 6.00. The zero-order valence-corrected chi connectivity index (χ0v) is 21.0. The van der Waals surface area contributed by atoms with Crippen LogP contribution in [0.1, 0.15) is 64.3 Å². The van der Waals surface area contributed by atoms with Crippen LogP contribution in [-0.4, -0.2) is 28.8 Å². The van der Waals surface area contributed by atoms with Crippen molar-refractivity contribution in [2.24, 2.45) is 0 Å². The average Bonchev–Trinajstić information content (AvgIpc) is 3.05. The Hall–Kier alpha value is -3.41. The smallest absolute Gasteiger partial charge is 0.263 e. The average molecular weight is 463 g/mol. The van der Waals surface area contributed by atoms with E-state index in [1.807, 2.05) is 0 Å². The van der Waals surface area contributed by atoms with Crippen LogP contribution in [0.2, 0.25) is 0 Å². The van der Waals surface area contributed by atoms with Gasteiger partial charge in [0.1, 0.15) is 5.76 Å². The summed E-state index contributed by atoms with van der Waals surface area (Å²) in [5.74, 6) is -0.886. The van der Waals surface area contributed by atoms with Gasteiger partial charge in [0, 0.05) is 26.2 Å². The molecule has 0 spiro atoms. The third-order valence-corrected chi connectivity index (χ3v) is 6.54. The lowest BCUT2D eigenvalue weighted by atomic mass is 9.90. The number of hydrogen-bond acceptors (Lipinski definition) is 4. The van der Waals surface area contributed by atoms with Crippen molar-refractivity contribution in [1.82, 2.24) is 10.4 Å². The standard InChI is InChI=1S/C28H34N2O4/c1-16-10-23(11-17(2)20(16)5)14-25-18(3)12-24(13-19(25)4)15-26(29-22(7)31)21(6)34-30-27(32)8-9-28(30)33/h10-13,26H,6,8-9,14-15H2,1-5,7H3,(H,29,31). The molecule has 1 unspecified atom stereocenters. The maximum Gasteiger partial charge on any atom is 0.263 e. The molecule has 1 atom stereocenters. The minimum Gasteiger partial charge on any atom is -0.372 e. The van der Waals surface area contributed by atoms with Gasteiger partial charge in [0.15, 0.2) is 0 Å². The number of rotatable bonds is 8. The lowest BCUT2D eigenvalue weighted by Crippen LogP contribution is -2.40. The molecule has 1 saturated heterocycles. The van der Waals surface area contributed by atoms with E-state index in [2.05, 4.69) is 70.8 Å². The highest BCUT2D eigenvalue weighted by Crippen LogP contribution is 2.25. The van der Waals surface area contributed by atoms with E-state index >= 15 is 0 Å². The van der Waals surface area contributed by atoms with Crippen molar-refractivity contribution in [3.05, 3.63) is 81.1 Å². The largest absolute Gasteiger partial charge is 0.372 e. The second-order valence-corrected chi connectivity index (χ2v) is 9.34. The Morgan fingerprint density at radius 1 is 0.941 bits per heavy atom. The van der Waals surface area contributed by atoms with E-state index in [0.717, 1.165) is 17.0 Å². The van der Waals surface area contributed by atoms with Crippen LogP contribution in [0.4, 0.5) is 0 Å². The number of hydroxylamine groups is 2. The Labute approximate surface area is 201 Å². The summed E-state index contributed by atoms with van der Waals surface area (Å²) in [5, 5.41) is 3.58. The molecule has 1 N–H and O–H groups in total. The van der Waals surface area contributed by atoms with Crippen molar-refractivity contribution in [3.8, 4) is 0 Å². The quantitative estimate of drug-likeness (QED) is 0.464. The van der Waals surface area contributed by atoms with Gasteiger partial charge in [-0.3, -0.25) is 14.4 Å². The number of carbonyl (C=O) groups is 3. The van der Waals surface area contributed by atoms with Crippen molar-refractivity contribution in [2.45, 2.75) is 73.3 Å². The first kappa shape index (κ1) is 25.2. The molecule has 6 heteroatoms. The summed E-state index contributed by atoms with van der Waals surface area (Å²) in [5.41, 5.74) is 9.85. The highest BCUT2D eigenvalue weighted by Gasteiger charge is 2.33. The Morgan fingerprint density at radius 3 is 1.94 bits per heavy atom. The van der Waals surface area contributed by atoms with Gasteiger partial charge in [0.25, 0.3) is 11.8 Å². The summed E-state index contributed by atoms with van der Waals surface area (Å²) in [6, 6.07) is 8.16. The van der Waals surface area contributed by atoms with Gasteiger partial charge >= 0.3 is 0 Å². The summed E-state index contributed by atoms with van der Waals surface area (Å²) < 4.78 is 0. The van der Waals surface area contributed by atoms with Gasteiger partial charge in [-0.15, -0.1) is 5.06 Å². The minimum absolute atomic E-state index is 0.122. The SMILES string of the molecule is C=C(ON1C(=O)CCC1=O)C(Cc1cc(C)c(Cc2cc(C)c(C)c(C)c2)c(C)c1)NC(C)=O. The van der Waals surface area contributed by atoms with E-state index in [9.17, 15) is 14.4 Å². The fourth-order valence-electron chi connectivity index (χ4n) is 4.48. The zero-order chi connectivity index (χ0) is 25.2. The second kappa shape index (κ2) is 10.2. The zero-order valence-electron chi connectivity index (χ0n) is 21.0. The molecule has 0 saturated carbocycles. The number of nitrogens with zero attached hydrogens (tertiary/aromatic N) is 1. The Kier molecular flexibility index (Phi) is 7.60. The molecule has 6 nitrogen and oxygen atoms in total. The molecule has 0 radical (unpaired) electrons. The van der Waals surface area contributed by atoms with Gasteiger partial charge in [0.05, 0.1) is 6.04 Å². The first-order valence-electron chi connectivity index (χ1n) is 11.6. The molecule has 34 heavy (non-hydrogen) atoms. The van der Waals surface area contributed by atoms with Crippen LogP contribution in [-0.2, 0) is 32.1 Å². The van der Waals surface area contributed by atoms with Crippen molar-refractivity contribution in [2.75, 3.05) is 0 Å². The number of amides is 3. The van der Waals surface area contributed by atoms with Crippen molar-refractivity contribution < 1.29 is 19.2 Å². The third kappa shape index (κ3) is 5.74. The van der Waals surface area contributed by atoms with E-state index in [1.165, 1.54) is 45.9 Å². The number of nitrogens with one attached hydrogen (secondary N) is 1. The van der Waals surface area contributed by atoms with Crippen LogP contribution in [0.25, 0.3) is 0 Å². The Morgan fingerprint density at radius 2 is 1.44 bits per heavy atom. The van der Waals surface area contributed by atoms with Crippen LogP contribution in [0.3, 0.4) is 0 Å². The maximum absolute atomic E-state index is 11.9. The second-order valence-electron chi connectivity index (χ2n) is 9.34. The summed E-state index contributed by atoms with van der Waals surface area (Å²) in [4.78, 5) is 41.1. The van der Waals surface area contributed by atoms with Crippen molar-refractivity contribution >= 4 is 17.7 Å². The van der Waals surface area contributed by atoms with Gasteiger partial charge in [0.2, 0.25) is 5.91 Å². The molecule has 1 fully saturated rings. The van der Waals surface area contributed by atoms with Crippen LogP contribution in [0.15, 0.2) is 36.6 Å². The molecule has 0 aliphatic carbocycles. The summed E-state index contributed by atoms with van der Waals surface area (Å²) in [6.07, 6.45) is 1.52. The molecule has 1 aliphatic heterocycles. The fourth-order valence-corrected chi connectivity index (χ4v) is 4.48. The van der Waals surface area contributed by atoms with E-state index in [0.29, 0.717) is 6.42 Å². The predicted octanol–water partition coefficient (Wildman–Crippen LogP) is 4.46. The predicted molar refractivity (Wildman–Crippen MR) is 132 cm³/mol. The minimum atomic E-state index is -0.578. The molecule has 3 rings (SSSR count). The lowest BCUT2D eigenvalue weighted by Gasteiger charge is -2.24. The van der Waals surface area contributed by atoms with Gasteiger partial charge < -0.3 is 10.2 Å². The first-order chi connectivity index (χ1) is 16.0. The summed E-state index contributed by atoms with van der Waals surface area (Å²) in [6.45, 7) is 16.0. The van der Waals surface area contributed by atoms with Gasteiger partial charge in [-0.25, -0.2) is 0 Å². The van der Waals surface area contributed by atoms with E-state index < -0.39 is 17.9 Å². The lowest BCUT2D eigenvalue weighted by molar-refractivity contribution is -0.177. The monoisotopic (exact) mass is 462 g/mol. The van der Waals surface area contributed by atoms with Gasteiger partial charge in [-0.05, 0) is 85.5 Å². The molecule has 1 heterocycles. The fraction of sp³-hybridized carbons (Fsp3) is 0.393. The number of aryl methyl sites for hydroxylation is 4. The molecule has 1 aliphatic rings. The van der Waals surface area contributed by atoms with E-state index in [4.69, 9.17) is 4.84 Å². The molecule has 3 amide bonds. The molecular formula is C28H34N2O4. The molecule has 0 bridgehead atoms. The molecule has 0 aromatic heterocycles. The number of benzene rings is 2. The van der Waals surface area contributed by atoms with E-state index in [1.54, 1.807) is 0 Å². The van der Waals surface area contributed by atoms with Gasteiger partial charge in [-0.1, -0.05) is 30.8 Å². The first-order valence-corrected chi connectivity index (χ1v) is 11.6. The van der Waals surface area contributed by atoms with E-state index in [-0.39, 0.29) is 24.5 Å².